The fourth-order valence-electron chi connectivity index (χ4n) is 2.66. The molecular weight excluding hydrogens is 324 g/mol. The predicted octanol–water partition coefficient (Wildman–Crippen LogP) is 5.71. The summed E-state index contributed by atoms with van der Waals surface area (Å²) in [4.78, 5) is 2.12. The van der Waals surface area contributed by atoms with E-state index in [-0.39, 0.29) is 0 Å². The first-order valence-electron chi connectivity index (χ1n) is 8.38. The van der Waals surface area contributed by atoms with E-state index >= 15 is 0 Å². The van der Waals surface area contributed by atoms with Crippen molar-refractivity contribution in [1.29, 1.82) is 0 Å². The van der Waals surface area contributed by atoms with Gasteiger partial charge in [0.05, 0.1) is 6.54 Å². The molecule has 0 aliphatic heterocycles. The zero-order valence-electron chi connectivity index (χ0n) is 14.6. The van der Waals surface area contributed by atoms with E-state index in [9.17, 15) is 0 Å². The van der Waals surface area contributed by atoms with E-state index in [1.165, 1.54) is 16.7 Å². The lowest BCUT2D eigenvalue weighted by molar-refractivity contribution is 1.01. The van der Waals surface area contributed by atoms with Gasteiger partial charge in [0, 0.05) is 11.4 Å². The maximum atomic E-state index is 5.73. The van der Waals surface area contributed by atoms with E-state index in [0.717, 1.165) is 17.9 Å². The first-order valence-corrected chi connectivity index (χ1v) is 8.79. The van der Waals surface area contributed by atoms with Crippen LogP contribution < -0.4 is 10.2 Å². The third-order valence-electron chi connectivity index (χ3n) is 4.25. The molecule has 0 spiro atoms. The number of nitrogens with zero attached hydrogens (tertiary/aromatic N) is 1. The van der Waals surface area contributed by atoms with Gasteiger partial charge >= 0.3 is 0 Å². The van der Waals surface area contributed by atoms with Crippen LogP contribution in [0.1, 0.15) is 16.7 Å². The molecule has 3 aromatic carbocycles. The van der Waals surface area contributed by atoms with Crippen molar-refractivity contribution in [3.05, 3.63) is 95.6 Å². The molecule has 126 valence electrons. The summed E-state index contributed by atoms with van der Waals surface area (Å²) in [6.07, 6.45) is 0. The Balaban J connectivity index is 1.85. The average molecular weight is 346 g/mol. The Labute approximate surface area is 155 Å². The zero-order valence-corrected chi connectivity index (χ0v) is 15.4. The van der Waals surface area contributed by atoms with Crippen LogP contribution in [0.4, 0.5) is 11.4 Å². The largest absolute Gasteiger partial charge is 0.332 e. The van der Waals surface area contributed by atoms with Crippen LogP contribution >= 0.6 is 12.2 Å². The quantitative estimate of drug-likeness (QED) is 0.609. The summed E-state index contributed by atoms with van der Waals surface area (Å²) in [5.41, 5.74) is 5.84. The van der Waals surface area contributed by atoms with Crippen molar-refractivity contribution in [1.82, 2.24) is 0 Å². The summed E-state index contributed by atoms with van der Waals surface area (Å²) in [6.45, 7) is 4.95. The van der Waals surface area contributed by atoms with Gasteiger partial charge in [0.25, 0.3) is 0 Å². The van der Waals surface area contributed by atoms with E-state index in [1.807, 2.05) is 24.3 Å². The van der Waals surface area contributed by atoms with Crippen molar-refractivity contribution in [2.24, 2.45) is 0 Å². The molecule has 0 unspecified atom stereocenters. The summed E-state index contributed by atoms with van der Waals surface area (Å²) in [5, 5.41) is 4.08. The van der Waals surface area contributed by atoms with Gasteiger partial charge in [0.15, 0.2) is 5.11 Å². The van der Waals surface area contributed by atoms with Gasteiger partial charge in [0.2, 0.25) is 0 Å². The molecule has 0 atom stereocenters. The maximum absolute atomic E-state index is 5.73. The fourth-order valence-corrected chi connectivity index (χ4v) is 2.95. The first-order chi connectivity index (χ1) is 12.1. The van der Waals surface area contributed by atoms with Crippen LogP contribution in [-0.4, -0.2) is 5.11 Å². The van der Waals surface area contributed by atoms with Gasteiger partial charge in [-0.05, 0) is 67.0 Å². The highest BCUT2D eigenvalue weighted by Crippen LogP contribution is 2.20. The number of anilines is 2. The topological polar surface area (TPSA) is 15.3 Å². The van der Waals surface area contributed by atoms with Gasteiger partial charge in [-0.25, -0.2) is 0 Å². The highest BCUT2D eigenvalue weighted by atomic mass is 32.1. The number of para-hydroxylation sites is 1. The van der Waals surface area contributed by atoms with Crippen LogP contribution in [0.2, 0.25) is 0 Å². The number of rotatable bonds is 4. The number of aryl methyl sites for hydroxylation is 2. The van der Waals surface area contributed by atoms with Crippen molar-refractivity contribution >= 4 is 28.7 Å². The Morgan fingerprint density at radius 2 is 1.48 bits per heavy atom. The van der Waals surface area contributed by atoms with Crippen molar-refractivity contribution in [3.63, 3.8) is 0 Å². The molecule has 2 nitrogen and oxygen atoms in total. The number of hydrogen-bond donors (Lipinski definition) is 1. The van der Waals surface area contributed by atoms with E-state index < -0.39 is 0 Å². The van der Waals surface area contributed by atoms with E-state index in [1.54, 1.807) is 0 Å². The molecule has 0 aliphatic carbocycles. The van der Waals surface area contributed by atoms with Crippen molar-refractivity contribution in [2.75, 3.05) is 10.2 Å². The monoisotopic (exact) mass is 346 g/mol. The smallest absolute Gasteiger partial charge is 0.178 e. The van der Waals surface area contributed by atoms with Crippen LogP contribution in [0.5, 0.6) is 0 Å². The molecule has 0 fully saturated rings. The van der Waals surface area contributed by atoms with Gasteiger partial charge < -0.3 is 10.2 Å². The second-order valence-electron chi connectivity index (χ2n) is 6.14. The Hall–Kier alpha value is -2.65. The minimum absolute atomic E-state index is 0.693. The zero-order chi connectivity index (χ0) is 17.6. The molecule has 0 aliphatic rings. The van der Waals surface area contributed by atoms with Crippen LogP contribution in [0, 0.1) is 13.8 Å². The molecule has 3 heteroatoms. The van der Waals surface area contributed by atoms with Gasteiger partial charge in [-0.1, -0.05) is 54.6 Å². The van der Waals surface area contributed by atoms with Crippen molar-refractivity contribution in [2.45, 2.75) is 20.4 Å². The Kier molecular flexibility index (Phi) is 5.46. The summed E-state index contributed by atoms with van der Waals surface area (Å²) in [7, 11) is 0. The molecule has 0 heterocycles. The Bertz CT molecular complexity index is 844. The second kappa shape index (κ2) is 7.95. The minimum Gasteiger partial charge on any atom is -0.332 e. The van der Waals surface area contributed by atoms with Gasteiger partial charge in [-0.3, -0.25) is 0 Å². The average Bonchev–Trinajstić information content (AvgIpc) is 2.64. The second-order valence-corrected chi connectivity index (χ2v) is 6.52. The number of hydrogen-bond acceptors (Lipinski definition) is 1. The molecule has 0 saturated carbocycles. The number of thiocarbonyl (C=S) groups is 1. The molecule has 0 bridgehead atoms. The SMILES string of the molecule is Cc1ccc(NC(=S)N(Cc2ccccc2)c2ccccc2)cc1C. The molecule has 0 amide bonds. The molecule has 1 N–H and O–H groups in total. The number of benzene rings is 3. The summed E-state index contributed by atoms with van der Waals surface area (Å²) in [6, 6.07) is 26.9. The van der Waals surface area contributed by atoms with Crippen LogP contribution in [0.15, 0.2) is 78.9 Å². The van der Waals surface area contributed by atoms with Crippen LogP contribution in [-0.2, 0) is 6.54 Å². The van der Waals surface area contributed by atoms with E-state index in [2.05, 4.69) is 78.7 Å². The lowest BCUT2D eigenvalue weighted by Crippen LogP contribution is -2.34. The standard InChI is InChI=1S/C22H22N2S/c1-17-13-14-20(15-18(17)2)23-22(25)24(21-11-7-4-8-12-21)16-19-9-5-3-6-10-19/h3-15H,16H2,1-2H3,(H,23,25). The summed E-state index contributed by atoms with van der Waals surface area (Å²) >= 11 is 5.73. The molecule has 0 radical (unpaired) electrons. The van der Waals surface area contributed by atoms with Crippen LogP contribution in [0.3, 0.4) is 0 Å². The molecular formula is C22H22N2S. The van der Waals surface area contributed by atoms with E-state index in [4.69, 9.17) is 12.2 Å². The third-order valence-corrected chi connectivity index (χ3v) is 4.58. The molecule has 0 aromatic heterocycles. The highest BCUT2D eigenvalue weighted by molar-refractivity contribution is 7.80. The Morgan fingerprint density at radius 1 is 0.840 bits per heavy atom. The first kappa shape index (κ1) is 17.2. The highest BCUT2D eigenvalue weighted by Gasteiger charge is 2.13. The molecule has 0 saturated heterocycles. The van der Waals surface area contributed by atoms with Gasteiger partial charge in [-0.2, -0.15) is 0 Å². The maximum Gasteiger partial charge on any atom is 0.178 e. The minimum atomic E-state index is 0.693. The Morgan fingerprint density at radius 3 is 2.12 bits per heavy atom. The van der Waals surface area contributed by atoms with Crippen molar-refractivity contribution in [3.8, 4) is 0 Å². The summed E-state index contributed by atoms with van der Waals surface area (Å²) < 4.78 is 0. The lowest BCUT2D eigenvalue weighted by atomic mass is 10.1. The molecule has 3 aromatic rings. The fraction of sp³-hybridized carbons (Fsp3) is 0.136. The van der Waals surface area contributed by atoms with Crippen LogP contribution in [0.25, 0.3) is 0 Å². The lowest BCUT2D eigenvalue weighted by Gasteiger charge is -2.26. The molecule has 25 heavy (non-hydrogen) atoms. The van der Waals surface area contributed by atoms with Crippen molar-refractivity contribution < 1.29 is 0 Å². The predicted molar refractivity (Wildman–Crippen MR) is 111 cm³/mol. The normalized spacial score (nSPS) is 10.3. The summed E-state index contributed by atoms with van der Waals surface area (Å²) in [5.74, 6) is 0. The number of nitrogens with one attached hydrogen (secondary N) is 1. The van der Waals surface area contributed by atoms with Gasteiger partial charge in [0.1, 0.15) is 0 Å². The van der Waals surface area contributed by atoms with Gasteiger partial charge in [-0.15, -0.1) is 0 Å². The van der Waals surface area contributed by atoms with E-state index in [0.29, 0.717) is 5.11 Å². The third kappa shape index (κ3) is 4.46. The molecule has 3 rings (SSSR count).